The molecule has 0 unspecified atom stereocenters. The predicted octanol–water partition coefficient (Wildman–Crippen LogP) is 7.11. The number of carbonyl (C=O) groups excluding carboxylic acids is 1. The van der Waals surface area contributed by atoms with E-state index in [-0.39, 0.29) is 15.9 Å². The first-order chi connectivity index (χ1) is 17.2. The van der Waals surface area contributed by atoms with Crippen LogP contribution in [-0.2, 0) is 11.0 Å². The van der Waals surface area contributed by atoms with Gasteiger partial charge in [0.1, 0.15) is 5.75 Å². The maximum Gasteiger partial charge on any atom is 0.418 e. The number of nitrogens with one attached hydrogen (secondary N) is 1. The van der Waals surface area contributed by atoms with Gasteiger partial charge in [0.15, 0.2) is 11.0 Å². The number of hydrogen-bond acceptors (Lipinski definition) is 5. The van der Waals surface area contributed by atoms with Crippen molar-refractivity contribution in [2.45, 2.75) is 11.3 Å². The summed E-state index contributed by atoms with van der Waals surface area (Å²) in [6.07, 6.45) is -4.62. The van der Waals surface area contributed by atoms with Gasteiger partial charge in [-0.3, -0.25) is 9.36 Å². The van der Waals surface area contributed by atoms with Crippen LogP contribution in [0.2, 0.25) is 5.02 Å². The Morgan fingerprint density at radius 1 is 1.08 bits per heavy atom. The lowest BCUT2D eigenvalue weighted by Gasteiger charge is -2.14. The van der Waals surface area contributed by atoms with Crippen LogP contribution in [0.15, 0.2) is 76.4 Å². The molecule has 0 aliphatic heterocycles. The lowest BCUT2D eigenvalue weighted by Crippen LogP contribution is -2.18. The zero-order chi connectivity index (χ0) is 25.9. The van der Waals surface area contributed by atoms with Crippen molar-refractivity contribution in [1.29, 1.82) is 0 Å². The number of hydrogen-bond donors (Lipinski definition) is 1. The molecule has 0 fully saturated rings. The summed E-state index contributed by atoms with van der Waals surface area (Å²) in [5, 5.41) is 11.8. The highest BCUT2D eigenvalue weighted by Crippen LogP contribution is 2.37. The number of thioether (sulfide) groups is 1. The maximum atomic E-state index is 13.4. The second kappa shape index (κ2) is 10.9. The van der Waals surface area contributed by atoms with Crippen LogP contribution in [0.1, 0.15) is 5.56 Å². The Kier molecular flexibility index (Phi) is 7.91. The summed E-state index contributed by atoms with van der Waals surface area (Å²) in [6.45, 7) is 0. The number of carbonyl (C=O) groups is 1. The number of rotatable bonds is 7. The summed E-state index contributed by atoms with van der Waals surface area (Å²) in [5.74, 6) is 0.350. The molecule has 0 aliphatic carbocycles. The van der Waals surface area contributed by atoms with Gasteiger partial charge < -0.3 is 10.1 Å². The van der Waals surface area contributed by atoms with Gasteiger partial charge in [0.25, 0.3) is 0 Å². The average Bonchev–Trinajstić information content (AvgIpc) is 3.27. The van der Waals surface area contributed by atoms with E-state index in [0.29, 0.717) is 27.4 Å². The molecule has 1 aromatic heterocycles. The van der Waals surface area contributed by atoms with Crippen LogP contribution in [0.5, 0.6) is 5.75 Å². The Hall–Kier alpha value is -3.02. The Bertz CT molecular complexity index is 1380. The number of benzene rings is 3. The molecule has 3 aromatic carbocycles. The molecule has 1 amide bonds. The van der Waals surface area contributed by atoms with Crippen LogP contribution < -0.4 is 10.1 Å². The van der Waals surface area contributed by atoms with Gasteiger partial charge >= 0.3 is 6.18 Å². The van der Waals surface area contributed by atoms with Gasteiger partial charge in [0.2, 0.25) is 5.91 Å². The summed E-state index contributed by atoms with van der Waals surface area (Å²) in [5.41, 5.74) is 0.182. The molecule has 0 radical (unpaired) electrons. The minimum atomic E-state index is -4.62. The van der Waals surface area contributed by atoms with E-state index in [0.717, 1.165) is 23.4 Å². The summed E-state index contributed by atoms with van der Waals surface area (Å²) in [4.78, 5) is 12.6. The van der Waals surface area contributed by atoms with Crippen molar-refractivity contribution in [2.75, 3.05) is 18.2 Å². The fraction of sp³-hybridized carbons (Fsp3) is 0.125. The molecule has 0 bridgehead atoms. The van der Waals surface area contributed by atoms with E-state index in [1.165, 1.54) is 12.1 Å². The molecule has 1 heterocycles. The van der Waals surface area contributed by atoms with Gasteiger partial charge in [-0.2, -0.15) is 13.2 Å². The predicted molar refractivity (Wildman–Crippen MR) is 137 cm³/mol. The van der Waals surface area contributed by atoms with Gasteiger partial charge in [0.05, 0.1) is 24.1 Å². The second-order valence-corrected chi connectivity index (χ2v) is 9.67. The topological polar surface area (TPSA) is 69.0 Å². The van der Waals surface area contributed by atoms with Crippen molar-refractivity contribution >= 4 is 50.9 Å². The summed E-state index contributed by atoms with van der Waals surface area (Å²) in [7, 11) is 1.56. The van der Waals surface area contributed by atoms with Crippen LogP contribution in [0, 0.1) is 0 Å². The number of anilines is 1. The van der Waals surface area contributed by atoms with E-state index in [4.69, 9.17) is 16.3 Å². The van der Waals surface area contributed by atoms with Gasteiger partial charge in [-0.15, -0.1) is 10.2 Å². The molecule has 0 saturated heterocycles. The normalized spacial score (nSPS) is 11.4. The molecular weight excluding hydrogens is 581 g/mol. The van der Waals surface area contributed by atoms with E-state index in [2.05, 4.69) is 31.4 Å². The molecule has 12 heteroatoms. The Morgan fingerprint density at radius 3 is 2.42 bits per heavy atom. The van der Waals surface area contributed by atoms with Gasteiger partial charge in [-0.1, -0.05) is 39.3 Å². The van der Waals surface area contributed by atoms with Crippen molar-refractivity contribution in [1.82, 2.24) is 14.8 Å². The Balaban J connectivity index is 1.60. The van der Waals surface area contributed by atoms with E-state index in [9.17, 15) is 18.0 Å². The molecular formula is C24H17BrClF3N4O2S. The van der Waals surface area contributed by atoms with Gasteiger partial charge in [-0.25, -0.2) is 0 Å². The Labute approximate surface area is 222 Å². The third-order valence-electron chi connectivity index (χ3n) is 4.96. The molecule has 6 nitrogen and oxygen atoms in total. The molecule has 0 saturated carbocycles. The van der Waals surface area contributed by atoms with Crippen LogP contribution in [0.3, 0.4) is 0 Å². The molecule has 0 atom stereocenters. The summed E-state index contributed by atoms with van der Waals surface area (Å²) >= 11 is 10.1. The van der Waals surface area contributed by atoms with Crippen molar-refractivity contribution in [3.8, 4) is 22.8 Å². The number of halogens is 5. The van der Waals surface area contributed by atoms with Gasteiger partial charge in [-0.05, 0) is 66.7 Å². The maximum absolute atomic E-state index is 13.4. The number of amides is 1. The first kappa shape index (κ1) is 26.1. The van der Waals surface area contributed by atoms with Crippen LogP contribution in [-0.4, -0.2) is 33.5 Å². The number of ether oxygens (including phenoxy) is 1. The average molecular weight is 598 g/mol. The highest BCUT2D eigenvalue weighted by Gasteiger charge is 2.34. The van der Waals surface area contributed by atoms with E-state index < -0.39 is 17.6 Å². The van der Waals surface area contributed by atoms with E-state index in [1.54, 1.807) is 48.1 Å². The smallest absolute Gasteiger partial charge is 0.418 e. The SMILES string of the molecule is COc1ccc(-n2c(SCC(=O)Nc3ccc(Br)cc3C(F)(F)F)nnc2-c2ccc(Cl)cc2)cc1. The largest absolute Gasteiger partial charge is 0.497 e. The molecule has 36 heavy (non-hydrogen) atoms. The van der Waals surface area contributed by atoms with Crippen LogP contribution in [0.4, 0.5) is 18.9 Å². The lowest BCUT2D eigenvalue weighted by atomic mass is 10.1. The van der Waals surface area contributed by atoms with Crippen molar-refractivity contribution < 1.29 is 22.7 Å². The highest BCUT2D eigenvalue weighted by molar-refractivity contribution is 9.10. The van der Waals surface area contributed by atoms with Crippen molar-refractivity contribution in [3.63, 3.8) is 0 Å². The van der Waals surface area contributed by atoms with Gasteiger partial charge in [0, 0.05) is 20.7 Å². The van der Waals surface area contributed by atoms with E-state index in [1.807, 2.05) is 12.1 Å². The Morgan fingerprint density at radius 2 is 1.78 bits per heavy atom. The molecule has 0 spiro atoms. The molecule has 4 rings (SSSR count). The summed E-state index contributed by atoms with van der Waals surface area (Å²) < 4.78 is 47.4. The number of methoxy groups -OCH3 is 1. The molecule has 0 aliphatic rings. The first-order valence-electron chi connectivity index (χ1n) is 10.3. The lowest BCUT2D eigenvalue weighted by molar-refractivity contribution is -0.137. The fourth-order valence-electron chi connectivity index (χ4n) is 3.29. The minimum Gasteiger partial charge on any atom is -0.497 e. The third-order valence-corrected chi connectivity index (χ3v) is 6.63. The highest BCUT2D eigenvalue weighted by atomic mass is 79.9. The molecule has 1 N–H and O–H groups in total. The van der Waals surface area contributed by atoms with Crippen molar-refractivity contribution in [3.05, 3.63) is 81.8 Å². The molecule has 4 aromatic rings. The quantitative estimate of drug-likeness (QED) is 0.230. The fourth-order valence-corrected chi connectivity index (χ4v) is 4.53. The second-order valence-electron chi connectivity index (χ2n) is 7.37. The number of alkyl halides is 3. The minimum absolute atomic E-state index is 0.192. The standard InChI is InChI=1S/C24H17BrClF3N4O2S/c1-35-18-9-7-17(8-10-18)33-22(14-2-5-16(26)6-3-14)31-32-23(33)36-13-21(34)30-20-11-4-15(25)12-19(20)24(27,28)29/h2-12H,13H2,1H3,(H,30,34). The third kappa shape index (κ3) is 6.03. The van der Waals surface area contributed by atoms with E-state index >= 15 is 0 Å². The summed E-state index contributed by atoms with van der Waals surface area (Å²) in [6, 6.07) is 17.7. The zero-order valence-corrected chi connectivity index (χ0v) is 21.7. The van der Waals surface area contributed by atoms with Crippen LogP contribution >= 0.6 is 39.3 Å². The van der Waals surface area contributed by atoms with Crippen LogP contribution in [0.25, 0.3) is 17.1 Å². The number of nitrogens with zero attached hydrogens (tertiary/aromatic N) is 3. The first-order valence-corrected chi connectivity index (χ1v) is 12.5. The number of aromatic nitrogens is 3. The molecule has 186 valence electrons. The monoisotopic (exact) mass is 596 g/mol. The zero-order valence-electron chi connectivity index (χ0n) is 18.5. The van der Waals surface area contributed by atoms with Crippen molar-refractivity contribution in [2.24, 2.45) is 0 Å².